The molecular weight excluding hydrogens is 383 g/mol. The van der Waals surface area contributed by atoms with E-state index in [-0.39, 0.29) is 10.6 Å². The number of hydrogen-bond donors (Lipinski definition) is 0. The molecule has 2 heterocycles. The summed E-state index contributed by atoms with van der Waals surface area (Å²) in [4.78, 5) is 6.22. The van der Waals surface area contributed by atoms with Crippen LogP contribution in [0, 0.1) is 5.82 Å². The first-order chi connectivity index (χ1) is 13.5. The van der Waals surface area contributed by atoms with E-state index in [0.29, 0.717) is 12.4 Å². The second-order valence-electron chi connectivity index (χ2n) is 6.35. The van der Waals surface area contributed by atoms with Crippen LogP contribution in [0.3, 0.4) is 0 Å². The second kappa shape index (κ2) is 9.77. The molecule has 1 aliphatic heterocycles. The molecule has 0 amide bonds. The minimum atomic E-state index is -3.73. The highest BCUT2D eigenvalue weighted by atomic mass is 32.2. The standard InChI is InChI=1S/C20H23FN2O4S/c21-19-6-2-8-22-20(19)7-15-28(24,25)18-5-1-4-17(16-18)27-12-3-9-23-10-13-26-14-11-23/h1-2,4-8,15-16H,3,9-14H2/b15-7+. The van der Waals surface area contributed by atoms with Gasteiger partial charge in [0.05, 0.1) is 30.4 Å². The molecule has 1 saturated heterocycles. The number of benzene rings is 1. The highest BCUT2D eigenvalue weighted by Gasteiger charge is 2.13. The Hall–Kier alpha value is -2.29. The van der Waals surface area contributed by atoms with E-state index in [2.05, 4.69) is 9.88 Å². The van der Waals surface area contributed by atoms with Crippen molar-refractivity contribution in [2.24, 2.45) is 0 Å². The molecule has 1 aliphatic rings. The van der Waals surface area contributed by atoms with Crippen LogP contribution < -0.4 is 4.74 Å². The van der Waals surface area contributed by atoms with Crippen molar-refractivity contribution >= 4 is 15.9 Å². The third kappa shape index (κ3) is 5.85. The Labute approximate surface area is 164 Å². The minimum absolute atomic E-state index is 0.0263. The molecule has 6 nitrogen and oxygen atoms in total. The van der Waals surface area contributed by atoms with Crippen LogP contribution in [0.1, 0.15) is 12.1 Å². The first-order valence-electron chi connectivity index (χ1n) is 9.11. The van der Waals surface area contributed by atoms with Gasteiger partial charge in [0.25, 0.3) is 0 Å². The molecule has 0 radical (unpaired) electrons. The number of rotatable bonds is 8. The molecule has 0 spiro atoms. The maximum Gasteiger partial charge on any atom is 0.200 e. The summed E-state index contributed by atoms with van der Waals surface area (Å²) in [7, 11) is -3.73. The van der Waals surface area contributed by atoms with Gasteiger partial charge in [0.1, 0.15) is 11.6 Å². The zero-order chi connectivity index (χ0) is 19.8. The largest absolute Gasteiger partial charge is 0.494 e. The fraction of sp³-hybridized carbons (Fsp3) is 0.350. The maximum absolute atomic E-state index is 13.6. The van der Waals surface area contributed by atoms with Crippen LogP contribution in [-0.4, -0.2) is 57.8 Å². The van der Waals surface area contributed by atoms with Crippen molar-refractivity contribution in [3.63, 3.8) is 0 Å². The van der Waals surface area contributed by atoms with Crippen LogP contribution in [0.15, 0.2) is 52.9 Å². The lowest BCUT2D eigenvalue weighted by Crippen LogP contribution is -2.37. The molecule has 0 N–H and O–H groups in total. The number of sulfone groups is 1. The summed E-state index contributed by atoms with van der Waals surface area (Å²) in [6, 6.07) is 8.97. The molecule has 0 aliphatic carbocycles. The van der Waals surface area contributed by atoms with Gasteiger partial charge in [-0.25, -0.2) is 12.8 Å². The van der Waals surface area contributed by atoms with E-state index in [1.807, 2.05) is 0 Å². The molecule has 1 aromatic heterocycles. The molecule has 0 atom stereocenters. The second-order valence-corrected chi connectivity index (χ2v) is 8.18. The maximum atomic E-state index is 13.6. The Morgan fingerprint density at radius 3 is 2.82 bits per heavy atom. The van der Waals surface area contributed by atoms with E-state index >= 15 is 0 Å². The first kappa shape index (κ1) is 20.4. The third-order valence-electron chi connectivity index (χ3n) is 4.32. The Balaban J connectivity index is 1.57. The van der Waals surface area contributed by atoms with Crippen LogP contribution >= 0.6 is 0 Å². The number of hydrogen-bond acceptors (Lipinski definition) is 6. The first-order valence-corrected chi connectivity index (χ1v) is 10.7. The Kier molecular flexibility index (Phi) is 7.13. The molecule has 2 aromatic rings. The zero-order valence-electron chi connectivity index (χ0n) is 15.5. The number of pyridine rings is 1. The average molecular weight is 406 g/mol. The molecule has 1 aromatic carbocycles. The molecule has 0 unspecified atom stereocenters. The van der Waals surface area contributed by atoms with Crippen molar-refractivity contribution in [3.05, 3.63) is 59.5 Å². The monoisotopic (exact) mass is 406 g/mol. The van der Waals surface area contributed by atoms with Crippen molar-refractivity contribution in [2.75, 3.05) is 39.5 Å². The summed E-state index contributed by atoms with van der Waals surface area (Å²) in [5.41, 5.74) is -0.0263. The normalized spacial score (nSPS) is 15.8. The van der Waals surface area contributed by atoms with E-state index < -0.39 is 15.7 Å². The molecule has 0 bridgehead atoms. The number of ether oxygens (including phenoxy) is 2. The number of halogens is 1. The smallest absolute Gasteiger partial charge is 0.200 e. The van der Waals surface area contributed by atoms with Crippen LogP contribution in [-0.2, 0) is 14.6 Å². The molecular formula is C20H23FN2O4S. The molecule has 28 heavy (non-hydrogen) atoms. The van der Waals surface area contributed by atoms with Gasteiger partial charge in [0, 0.05) is 31.2 Å². The van der Waals surface area contributed by atoms with Crippen molar-refractivity contribution < 1.29 is 22.3 Å². The van der Waals surface area contributed by atoms with E-state index in [0.717, 1.165) is 50.8 Å². The summed E-state index contributed by atoms with van der Waals surface area (Å²) in [6.45, 7) is 4.79. The van der Waals surface area contributed by atoms with Crippen LogP contribution in [0.4, 0.5) is 4.39 Å². The van der Waals surface area contributed by atoms with Crippen molar-refractivity contribution in [1.29, 1.82) is 0 Å². The summed E-state index contributed by atoms with van der Waals surface area (Å²) >= 11 is 0. The van der Waals surface area contributed by atoms with Gasteiger partial charge in [0.2, 0.25) is 0 Å². The lowest BCUT2D eigenvalue weighted by atomic mass is 10.3. The predicted octanol–water partition coefficient (Wildman–Crippen LogP) is 2.77. The van der Waals surface area contributed by atoms with E-state index in [1.165, 1.54) is 30.5 Å². The van der Waals surface area contributed by atoms with E-state index in [9.17, 15) is 12.8 Å². The third-order valence-corrected chi connectivity index (χ3v) is 5.72. The quantitative estimate of drug-likeness (QED) is 0.628. The van der Waals surface area contributed by atoms with E-state index in [1.54, 1.807) is 12.1 Å². The summed E-state index contributed by atoms with van der Waals surface area (Å²) in [5, 5.41) is 0.954. The lowest BCUT2D eigenvalue weighted by Gasteiger charge is -2.26. The van der Waals surface area contributed by atoms with Crippen molar-refractivity contribution in [1.82, 2.24) is 9.88 Å². The van der Waals surface area contributed by atoms with Crippen molar-refractivity contribution in [2.45, 2.75) is 11.3 Å². The van der Waals surface area contributed by atoms with Gasteiger partial charge < -0.3 is 9.47 Å². The summed E-state index contributed by atoms with van der Waals surface area (Å²) in [6.07, 6.45) is 3.40. The van der Waals surface area contributed by atoms with Gasteiger partial charge in [-0.05, 0) is 42.8 Å². The molecule has 3 rings (SSSR count). The van der Waals surface area contributed by atoms with E-state index in [4.69, 9.17) is 9.47 Å². The highest BCUT2D eigenvalue weighted by molar-refractivity contribution is 7.94. The molecule has 8 heteroatoms. The zero-order valence-corrected chi connectivity index (χ0v) is 16.3. The van der Waals surface area contributed by atoms with Crippen LogP contribution in [0.25, 0.3) is 6.08 Å². The molecule has 0 saturated carbocycles. The van der Waals surface area contributed by atoms with Gasteiger partial charge in [-0.1, -0.05) is 6.07 Å². The fourth-order valence-electron chi connectivity index (χ4n) is 2.80. The van der Waals surface area contributed by atoms with Crippen LogP contribution in [0.5, 0.6) is 5.75 Å². The minimum Gasteiger partial charge on any atom is -0.494 e. The van der Waals surface area contributed by atoms with Crippen LogP contribution in [0.2, 0.25) is 0 Å². The summed E-state index contributed by atoms with van der Waals surface area (Å²) < 4.78 is 49.6. The number of aromatic nitrogens is 1. The van der Waals surface area contributed by atoms with Gasteiger partial charge >= 0.3 is 0 Å². The number of nitrogens with zero attached hydrogens (tertiary/aromatic N) is 2. The lowest BCUT2D eigenvalue weighted by molar-refractivity contribution is 0.0358. The highest BCUT2D eigenvalue weighted by Crippen LogP contribution is 2.20. The fourth-order valence-corrected chi connectivity index (χ4v) is 3.81. The summed E-state index contributed by atoms with van der Waals surface area (Å²) in [5.74, 6) is -0.0910. The van der Waals surface area contributed by atoms with Crippen molar-refractivity contribution in [3.8, 4) is 5.75 Å². The Bertz CT molecular complexity index is 912. The predicted molar refractivity (Wildman–Crippen MR) is 104 cm³/mol. The van der Waals surface area contributed by atoms with Gasteiger partial charge in [-0.15, -0.1) is 0 Å². The van der Waals surface area contributed by atoms with Gasteiger partial charge in [-0.2, -0.15) is 0 Å². The molecule has 1 fully saturated rings. The molecule has 150 valence electrons. The topological polar surface area (TPSA) is 68.7 Å². The Morgan fingerprint density at radius 1 is 1.21 bits per heavy atom. The van der Waals surface area contributed by atoms with Gasteiger partial charge in [0.15, 0.2) is 9.84 Å². The number of morpholine rings is 1. The van der Waals surface area contributed by atoms with Gasteiger partial charge in [-0.3, -0.25) is 9.88 Å². The Morgan fingerprint density at radius 2 is 2.04 bits per heavy atom. The average Bonchev–Trinajstić information content (AvgIpc) is 2.72. The SMILES string of the molecule is O=S(=O)(/C=C/c1ncccc1F)c1cccc(OCCCN2CCOCC2)c1.